The molecule has 0 radical (unpaired) electrons. The van der Waals surface area contributed by atoms with Gasteiger partial charge in [0.25, 0.3) is 0 Å². The standard InChI is InChI=1S/C22H22O4/c1-3-21(23)25-13-11-17-7-5-9-19(15-17)20-10-6-8-18(16-20)12-14-26-22(24)4-2/h3-10,15-16H,1-2,11-14H2. The van der Waals surface area contributed by atoms with Gasteiger partial charge in [-0.3, -0.25) is 0 Å². The predicted octanol–water partition coefficient (Wildman–Crippen LogP) is 3.90. The monoisotopic (exact) mass is 350 g/mol. The Bertz CT molecular complexity index is 725. The number of hydrogen-bond donors (Lipinski definition) is 0. The van der Waals surface area contributed by atoms with Gasteiger partial charge in [-0.2, -0.15) is 0 Å². The maximum absolute atomic E-state index is 11.1. The molecule has 2 aromatic carbocycles. The molecule has 0 atom stereocenters. The summed E-state index contributed by atoms with van der Waals surface area (Å²) >= 11 is 0. The Kier molecular flexibility index (Phi) is 7.37. The molecular formula is C22H22O4. The van der Waals surface area contributed by atoms with Gasteiger partial charge in [-0.05, 0) is 22.3 Å². The zero-order chi connectivity index (χ0) is 18.8. The highest BCUT2D eigenvalue weighted by molar-refractivity contribution is 5.81. The van der Waals surface area contributed by atoms with Crippen molar-refractivity contribution < 1.29 is 19.1 Å². The highest BCUT2D eigenvalue weighted by Gasteiger charge is 2.03. The molecule has 0 spiro atoms. The molecule has 134 valence electrons. The van der Waals surface area contributed by atoms with Gasteiger partial charge in [-0.25, -0.2) is 9.59 Å². The summed E-state index contributed by atoms with van der Waals surface area (Å²) in [6.45, 7) is 7.40. The highest BCUT2D eigenvalue weighted by atomic mass is 16.5. The Morgan fingerprint density at radius 3 is 1.58 bits per heavy atom. The second-order valence-electron chi connectivity index (χ2n) is 5.64. The van der Waals surface area contributed by atoms with Gasteiger partial charge in [0.2, 0.25) is 0 Å². The summed E-state index contributed by atoms with van der Waals surface area (Å²) in [6, 6.07) is 16.2. The second kappa shape index (κ2) is 9.99. The Morgan fingerprint density at radius 1 is 0.769 bits per heavy atom. The molecule has 4 nitrogen and oxygen atoms in total. The van der Waals surface area contributed by atoms with E-state index >= 15 is 0 Å². The maximum Gasteiger partial charge on any atom is 0.330 e. The van der Waals surface area contributed by atoms with Crippen LogP contribution in [0.4, 0.5) is 0 Å². The minimum absolute atomic E-state index is 0.322. The smallest absolute Gasteiger partial charge is 0.330 e. The second-order valence-corrected chi connectivity index (χ2v) is 5.64. The van der Waals surface area contributed by atoms with Crippen molar-refractivity contribution in [1.82, 2.24) is 0 Å². The number of esters is 2. The first kappa shape index (κ1) is 19.2. The van der Waals surface area contributed by atoms with Crippen LogP contribution in [0.25, 0.3) is 11.1 Å². The van der Waals surface area contributed by atoms with E-state index in [1.54, 1.807) is 0 Å². The van der Waals surface area contributed by atoms with Gasteiger partial charge in [0.15, 0.2) is 0 Å². The largest absolute Gasteiger partial charge is 0.462 e. The van der Waals surface area contributed by atoms with Crippen LogP contribution < -0.4 is 0 Å². The van der Waals surface area contributed by atoms with Gasteiger partial charge in [0, 0.05) is 25.0 Å². The number of ether oxygens (including phenoxy) is 2. The van der Waals surface area contributed by atoms with E-state index in [2.05, 4.69) is 25.3 Å². The van der Waals surface area contributed by atoms with E-state index in [9.17, 15) is 9.59 Å². The predicted molar refractivity (Wildman–Crippen MR) is 102 cm³/mol. The molecule has 2 rings (SSSR count). The normalized spacial score (nSPS) is 10.0. The lowest BCUT2D eigenvalue weighted by Gasteiger charge is -2.08. The van der Waals surface area contributed by atoms with E-state index in [4.69, 9.17) is 9.47 Å². The molecule has 4 heteroatoms. The molecule has 0 bridgehead atoms. The summed E-state index contributed by atoms with van der Waals surface area (Å²) < 4.78 is 10.1. The number of hydrogen-bond acceptors (Lipinski definition) is 4. The fourth-order valence-electron chi connectivity index (χ4n) is 2.47. The van der Waals surface area contributed by atoms with Crippen LogP contribution in [0.15, 0.2) is 73.8 Å². The van der Waals surface area contributed by atoms with Crippen LogP contribution in [0, 0.1) is 0 Å². The summed E-state index contributed by atoms with van der Waals surface area (Å²) in [5, 5.41) is 0. The van der Waals surface area contributed by atoms with Crippen LogP contribution in [-0.2, 0) is 31.9 Å². The number of carbonyl (C=O) groups is 2. The van der Waals surface area contributed by atoms with Crippen molar-refractivity contribution in [3.8, 4) is 11.1 Å². The average molecular weight is 350 g/mol. The third kappa shape index (κ3) is 6.06. The number of benzene rings is 2. The van der Waals surface area contributed by atoms with Gasteiger partial charge >= 0.3 is 11.9 Å². The molecule has 0 amide bonds. The molecule has 0 unspecified atom stereocenters. The van der Waals surface area contributed by atoms with Gasteiger partial charge in [-0.1, -0.05) is 61.7 Å². The Labute approximate surface area is 153 Å². The van der Waals surface area contributed by atoms with Crippen molar-refractivity contribution >= 4 is 11.9 Å². The van der Waals surface area contributed by atoms with E-state index in [0.717, 1.165) is 34.4 Å². The lowest BCUT2D eigenvalue weighted by Crippen LogP contribution is -2.04. The molecule has 0 saturated heterocycles. The minimum atomic E-state index is -0.411. The minimum Gasteiger partial charge on any atom is -0.462 e. The molecule has 0 aliphatic rings. The molecule has 0 N–H and O–H groups in total. The van der Waals surface area contributed by atoms with E-state index in [1.165, 1.54) is 0 Å². The zero-order valence-electron chi connectivity index (χ0n) is 14.6. The van der Waals surface area contributed by atoms with Crippen molar-refractivity contribution in [2.45, 2.75) is 12.8 Å². The fourth-order valence-corrected chi connectivity index (χ4v) is 2.47. The summed E-state index contributed by atoms with van der Waals surface area (Å²) in [7, 11) is 0. The summed E-state index contributed by atoms with van der Waals surface area (Å²) in [5.74, 6) is -0.822. The molecule has 0 aliphatic heterocycles. The fraction of sp³-hybridized carbons (Fsp3) is 0.182. The molecule has 0 aromatic heterocycles. The summed E-state index contributed by atoms with van der Waals surface area (Å²) in [5.41, 5.74) is 4.35. The molecular weight excluding hydrogens is 328 g/mol. The quantitative estimate of drug-likeness (QED) is 0.508. The molecule has 0 heterocycles. The van der Waals surface area contributed by atoms with Crippen LogP contribution in [-0.4, -0.2) is 25.2 Å². The Hall–Kier alpha value is -3.14. The number of rotatable bonds is 9. The van der Waals surface area contributed by atoms with Crippen molar-refractivity contribution in [2.75, 3.05) is 13.2 Å². The molecule has 0 saturated carbocycles. The lowest BCUT2D eigenvalue weighted by molar-refractivity contribution is -0.138. The van der Waals surface area contributed by atoms with E-state index in [-0.39, 0.29) is 0 Å². The Morgan fingerprint density at radius 2 is 1.19 bits per heavy atom. The molecule has 0 aliphatic carbocycles. The third-order valence-electron chi connectivity index (χ3n) is 3.79. The van der Waals surface area contributed by atoms with E-state index in [1.807, 2.05) is 36.4 Å². The van der Waals surface area contributed by atoms with Crippen LogP contribution in [0.5, 0.6) is 0 Å². The third-order valence-corrected chi connectivity index (χ3v) is 3.79. The topological polar surface area (TPSA) is 52.6 Å². The van der Waals surface area contributed by atoms with Crippen LogP contribution in [0.1, 0.15) is 11.1 Å². The van der Waals surface area contributed by atoms with E-state index in [0.29, 0.717) is 26.1 Å². The van der Waals surface area contributed by atoms with Crippen molar-refractivity contribution in [3.05, 3.63) is 85.0 Å². The lowest BCUT2D eigenvalue weighted by atomic mass is 9.99. The van der Waals surface area contributed by atoms with Crippen LogP contribution in [0.2, 0.25) is 0 Å². The van der Waals surface area contributed by atoms with Crippen molar-refractivity contribution in [3.63, 3.8) is 0 Å². The SMILES string of the molecule is C=CC(=O)OCCc1cccc(-c2cccc(CCOC(=O)C=C)c2)c1. The van der Waals surface area contributed by atoms with Gasteiger partial charge < -0.3 is 9.47 Å². The van der Waals surface area contributed by atoms with Gasteiger partial charge in [0.1, 0.15) is 0 Å². The first-order valence-electron chi connectivity index (χ1n) is 8.39. The first-order valence-corrected chi connectivity index (χ1v) is 8.39. The van der Waals surface area contributed by atoms with Crippen LogP contribution >= 0.6 is 0 Å². The first-order chi connectivity index (χ1) is 12.6. The maximum atomic E-state index is 11.1. The van der Waals surface area contributed by atoms with Crippen LogP contribution in [0.3, 0.4) is 0 Å². The van der Waals surface area contributed by atoms with Gasteiger partial charge in [-0.15, -0.1) is 0 Å². The number of carbonyl (C=O) groups excluding carboxylic acids is 2. The van der Waals surface area contributed by atoms with Crippen molar-refractivity contribution in [1.29, 1.82) is 0 Å². The molecule has 2 aromatic rings. The zero-order valence-corrected chi connectivity index (χ0v) is 14.6. The van der Waals surface area contributed by atoms with Gasteiger partial charge in [0.05, 0.1) is 13.2 Å². The Balaban J connectivity index is 2.01. The average Bonchev–Trinajstić information content (AvgIpc) is 2.68. The van der Waals surface area contributed by atoms with Crippen molar-refractivity contribution in [2.24, 2.45) is 0 Å². The van der Waals surface area contributed by atoms with E-state index < -0.39 is 11.9 Å². The summed E-state index contributed by atoms with van der Waals surface area (Å²) in [6.07, 6.45) is 3.61. The summed E-state index contributed by atoms with van der Waals surface area (Å²) in [4.78, 5) is 22.2. The highest BCUT2D eigenvalue weighted by Crippen LogP contribution is 2.22. The molecule has 26 heavy (non-hydrogen) atoms. The molecule has 0 fully saturated rings.